The molecule has 4 N–H and O–H groups in total. The molecule has 0 aromatic rings. The summed E-state index contributed by atoms with van der Waals surface area (Å²) in [5.74, 6) is 1.56. The minimum atomic E-state index is -0.357. The smallest absolute Gasteiger partial charge is 0.237 e. The molecule has 1 saturated heterocycles. The number of amides is 1. The number of piperidine rings is 1. The van der Waals surface area contributed by atoms with Crippen molar-refractivity contribution in [1.82, 2.24) is 10.6 Å². The van der Waals surface area contributed by atoms with Crippen LogP contribution in [0.2, 0.25) is 0 Å². The second-order valence-electron chi connectivity index (χ2n) is 4.79. The van der Waals surface area contributed by atoms with E-state index in [1.54, 1.807) is 0 Å². The zero-order valence-electron chi connectivity index (χ0n) is 8.79. The van der Waals surface area contributed by atoms with Gasteiger partial charge < -0.3 is 16.4 Å². The fourth-order valence-corrected chi connectivity index (χ4v) is 2.20. The van der Waals surface area contributed by atoms with Gasteiger partial charge in [-0.3, -0.25) is 4.79 Å². The fourth-order valence-electron chi connectivity index (χ4n) is 2.20. The number of hydrogen-bond acceptors (Lipinski definition) is 3. The summed E-state index contributed by atoms with van der Waals surface area (Å²) >= 11 is 0. The molecule has 0 aromatic heterocycles. The SMILES string of the molecule is CC(C)[C@H](N)C(=O)NC1[C@H]2CNC[C@@H]12. The van der Waals surface area contributed by atoms with Crippen LogP contribution in [0.25, 0.3) is 0 Å². The molecular weight excluding hydrogens is 178 g/mol. The topological polar surface area (TPSA) is 67.2 Å². The molecule has 2 aliphatic rings. The van der Waals surface area contributed by atoms with Crippen molar-refractivity contribution in [2.45, 2.75) is 25.9 Å². The first kappa shape index (κ1) is 9.93. The van der Waals surface area contributed by atoms with Crippen LogP contribution in [0.15, 0.2) is 0 Å². The van der Waals surface area contributed by atoms with Crippen molar-refractivity contribution in [2.75, 3.05) is 13.1 Å². The summed E-state index contributed by atoms with van der Waals surface area (Å²) < 4.78 is 0. The maximum Gasteiger partial charge on any atom is 0.237 e. The van der Waals surface area contributed by atoms with Gasteiger partial charge in [-0.1, -0.05) is 13.8 Å². The molecular formula is C10H19N3O. The van der Waals surface area contributed by atoms with Crippen LogP contribution in [0.4, 0.5) is 0 Å². The standard InChI is InChI=1S/C10H19N3O/c1-5(2)8(11)10(14)13-9-6-3-12-4-7(6)9/h5-9,12H,3-4,11H2,1-2H3,(H,13,14)/t6-,7+,8-,9?/m0/s1. The molecule has 1 saturated carbocycles. The highest BCUT2D eigenvalue weighted by Crippen LogP contribution is 2.41. The molecule has 0 spiro atoms. The molecule has 80 valence electrons. The second-order valence-corrected chi connectivity index (χ2v) is 4.79. The van der Waals surface area contributed by atoms with Crippen LogP contribution in [0, 0.1) is 17.8 Å². The van der Waals surface area contributed by atoms with Gasteiger partial charge in [0, 0.05) is 19.1 Å². The Labute approximate surface area is 84.6 Å². The van der Waals surface area contributed by atoms with Gasteiger partial charge in [-0.2, -0.15) is 0 Å². The molecule has 4 heteroatoms. The number of hydrogen-bond donors (Lipinski definition) is 3. The number of nitrogens with two attached hydrogens (primary N) is 1. The predicted octanol–water partition coefficient (Wildman–Crippen LogP) is -0.696. The highest BCUT2D eigenvalue weighted by molar-refractivity contribution is 5.82. The molecule has 0 radical (unpaired) electrons. The van der Waals surface area contributed by atoms with Crippen LogP contribution in [-0.4, -0.2) is 31.1 Å². The largest absolute Gasteiger partial charge is 0.351 e. The van der Waals surface area contributed by atoms with Crippen molar-refractivity contribution in [1.29, 1.82) is 0 Å². The summed E-state index contributed by atoms with van der Waals surface area (Å²) in [7, 11) is 0. The van der Waals surface area contributed by atoms with E-state index >= 15 is 0 Å². The molecule has 2 rings (SSSR count). The Morgan fingerprint density at radius 3 is 2.50 bits per heavy atom. The first-order valence-electron chi connectivity index (χ1n) is 5.38. The maximum atomic E-state index is 11.6. The number of rotatable bonds is 3. The van der Waals surface area contributed by atoms with Gasteiger partial charge in [-0.05, 0) is 17.8 Å². The van der Waals surface area contributed by atoms with Gasteiger partial charge in [0.25, 0.3) is 0 Å². The van der Waals surface area contributed by atoms with Crippen LogP contribution in [0.1, 0.15) is 13.8 Å². The van der Waals surface area contributed by atoms with E-state index in [4.69, 9.17) is 5.73 Å². The molecule has 1 aliphatic heterocycles. The van der Waals surface area contributed by atoms with E-state index in [-0.39, 0.29) is 17.9 Å². The molecule has 1 unspecified atom stereocenters. The quantitative estimate of drug-likeness (QED) is 0.560. The average molecular weight is 197 g/mol. The first-order valence-corrected chi connectivity index (χ1v) is 5.38. The minimum absolute atomic E-state index is 0.0133. The Balaban J connectivity index is 1.79. The fraction of sp³-hybridized carbons (Fsp3) is 0.900. The number of carbonyl (C=O) groups is 1. The third-order valence-corrected chi connectivity index (χ3v) is 3.42. The normalized spacial score (nSPS) is 36.7. The maximum absolute atomic E-state index is 11.6. The molecule has 1 aliphatic carbocycles. The monoisotopic (exact) mass is 197 g/mol. The lowest BCUT2D eigenvalue weighted by molar-refractivity contribution is -0.123. The van der Waals surface area contributed by atoms with E-state index in [1.165, 1.54) is 0 Å². The number of carbonyl (C=O) groups excluding carboxylic acids is 1. The molecule has 1 heterocycles. The van der Waals surface area contributed by atoms with Gasteiger partial charge in [0.1, 0.15) is 0 Å². The van der Waals surface area contributed by atoms with Crippen molar-refractivity contribution in [3.63, 3.8) is 0 Å². The Morgan fingerprint density at radius 1 is 1.43 bits per heavy atom. The van der Waals surface area contributed by atoms with Gasteiger partial charge in [-0.15, -0.1) is 0 Å². The van der Waals surface area contributed by atoms with Gasteiger partial charge >= 0.3 is 0 Å². The molecule has 0 aromatic carbocycles. The van der Waals surface area contributed by atoms with Crippen LogP contribution < -0.4 is 16.4 Å². The second kappa shape index (κ2) is 3.51. The summed E-state index contributed by atoms with van der Waals surface area (Å²) in [5.41, 5.74) is 5.76. The van der Waals surface area contributed by atoms with Gasteiger partial charge in [0.05, 0.1) is 6.04 Å². The zero-order chi connectivity index (χ0) is 10.3. The van der Waals surface area contributed by atoms with Crippen molar-refractivity contribution in [3.8, 4) is 0 Å². The number of fused-ring (bicyclic) bond motifs is 1. The molecule has 0 bridgehead atoms. The van der Waals surface area contributed by atoms with E-state index < -0.39 is 0 Å². The van der Waals surface area contributed by atoms with E-state index in [2.05, 4.69) is 10.6 Å². The van der Waals surface area contributed by atoms with Gasteiger partial charge in [0.15, 0.2) is 0 Å². The van der Waals surface area contributed by atoms with Crippen molar-refractivity contribution >= 4 is 5.91 Å². The van der Waals surface area contributed by atoms with Crippen LogP contribution in [0.5, 0.6) is 0 Å². The molecule has 4 nitrogen and oxygen atoms in total. The van der Waals surface area contributed by atoms with E-state index in [0.717, 1.165) is 13.1 Å². The number of nitrogens with one attached hydrogen (secondary N) is 2. The van der Waals surface area contributed by atoms with Crippen molar-refractivity contribution < 1.29 is 4.79 Å². The van der Waals surface area contributed by atoms with E-state index in [9.17, 15) is 4.79 Å². The summed E-state index contributed by atoms with van der Waals surface area (Å²) in [6.07, 6.45) is 0. The predicted molar refractivity (Wildman–Crippen MR) is 54.6 cm³/mol. The third kappa shape index (κ3) is 1.64. The summed E-state index contributed by atoms with van der Waals surface area (Å²) in [6, 6.07) is 0.0397. The summed E-state index contributed by atoms with van der Waals surface area (Å²) in [4.78, 5) is 11.6. The Bertz CT molecular complexity index is 232. The molecule has 1 amide bonds. The summed E-state index contributed by atoms with van der Waals surface area (Å²) in [5, 5.41) is 6.33. The molecule has 4 atom stereocenters. The van der Waals surface area contributed by atoms with Crippen molar-refractivity contribution in [2.24, 2.45) is 23.5 Å². The summed E-state index contributed by atoms with van der Waals surface area (Å²) in [6.45, 7) is 6.04. The minimum Gasteiger partial charge on any atom is -0.351 e. The van der Waals surface area contributed by atoms with Crippen LogP contribution in [-0.2, 0) is 4.79 Å². The first-order chi connectivity index (χ1) is 6.61. The lowest BCUT2D eigenvalue weighted by Gasteiger charge is -2.16. The van der Waals surface area contributed by atoms with Crippen LogP contribution >= 0.6 is 0 Å². The van der Waals surface area contributed by atoms with Gasteiger partial charge in [0.2, 0.25) is 5.91 Å². The average Bonchev–Trinajstić information content (AvgIpc) is 2.63. The molecule has 2 fully saturated rings. The molecule has 14 heavy (non-hydrogen) atoms. The van der Waals surface area contributed by atoms with Gasteiger partial charge in [-0.25, -0.2) is 0 Å². The van der Waals surface area contributed by atoms with E-state index in [0.29, 0.717) is 17.9 Å². The third-order valence-electron chi connectivity index (χ3n) is 3.42. The zero-order valence-corrected chi connectivity index (χ0v) is 8.79. The Kier molecular flexibility index (Phi) is 2.49. The Hall–Kier alpha value is -0.610. The Morgan fingerprint density at radius 2 is 2.00 bits per heavy atom. The van der Waals surface area contributed by atoms with E-state index in [1.807, 2.05) is 13.8 Å². The highest BCUT2D eigenvalue weighted by atomic mass is 16.2. The lowest BCUT2D eigenvalue weighted by Crippen LogP contribution is -2.46. The highest BCUT2D eigenvalue weighted by Gasteiger charge is 2.53. The van der Waals surface area contributed by atoms with Crippen molar-refractivity contribution in [3.05, 3.63) is 0 Å². The van der Waals surface area contributed by atoms with Crippen LogP contribution in [0.3, 0.4) is 0 Å². The lowest BCUT2D eigenvalue weighted by atomic mass is 10.1.